The molecule has 3 rings (SSSR count). The Kier molecular flexibility index (Phi) is 4.37. The zero-order chi connectivity index (χ0) is 14.9. The van der Waals surface area contributed by atoms with Crippen LogP contribution in [0.3, 0.4) is 0 Å². The smallest absolute Gasteiger partial charge is 0.0250 e. The summed E-state index contributed by atoms with van der Waals surface area (Å²) in [4.78, 5) is 2.69. The number of benzene rings is 1. The van der Waals surface area contributed by atoms with Crippen LogP contribution in [0.1, 0.15) is 52.0 Å². The summed E-state index contributed by atoms with van der Waals surface area (Å²) in [5.41, 5.74) is 1.69. The highest BCUT2D eigenvalue weighted by Crippen LogP contribution is 2.31. The van der Waals surface area contributed by atoms with Gasteiger partial charge in [0.1, 0.15) is 0 Å². The molecule has 2 heterocycles. The van der Waals surface area contributed by atoms with Crippen molar-refractivity contribution in [3.63, 3.8) is 0 Å². The highest BCUT2D eigenvalue weighted by molar-refractivity contribution is 5.23. The van der Waals surface area contributed by atoms with E-state index in [-0.39, 0.29) is 5.41 Å². The second kappa shape index (κ2) is 6.10. The molecule has 0 spiro atoms. The summed E-state index contributed by atoms with van der Waals surface area (Å²) in [6.07, 6.45) is 5.32. The third kappa shape index (κ3) is 3.32. The predicted octanol–water partition coefficient (Wildman–Crippen LogP) is 3.57. The van der Waals surface area contributed by atoms with Crippen molar-refractivity contribution in [3.05, 3.63) is 35.9 Å². The molecule has 0 aliphatic carbocycles. The van der Waals surface area contributed by atoms with Crippen LogP contribution in [0.15, 0.2) is 30.3 Å². The topological polar surface area (TPSA) is 15.3 Å². The lowest BCUT2D eigenvalue weighted by Gasteiger charge is -2.32. The van der Waals surface area contributed by atoms with Gasteiger partial charge in [-0.2, -0.15) is 0 Å². The molecular formula is C19H30N2. The van der Waals surface area contributed by atoms with Crippen LogP contribution in [-0.2, 0) is 5.41 Å². The van der Waals surface area contributed by atoms with Gasteiger partial charge < -0.3 is 5.32 Å². The van der Waals surface area contributed by atoms with Gasteiger partial charge in [-0.15, -0.1) is 0 Å². The van der Waals surface area contributed by atoms with E-state index in [1.165, 1.54) is 44.3 Å². The average Bonchev–Trinajstić information content (AvgIpc) is 3.04. The van der Waals surface area contributed by atoms with E-state index in [1.807, 2.05) is 0 Å². The van der Waals surface area contributed by atoms with Crippen LogP contribution in [-0.4, -0.2) is 36.1 Å². The van der Waals surface area contributed by atoms with Gasteiger partial charge in [0.15, 0.2) is 0 Å². The third-order valence-corrected chi connectivity index (χ3v) is 5.48. The van der Waals surface area contributed by atoms with E-state index < -0.39 is 0 Å². The predicted molar refractivity (Wildman–Crippen MR) is 89.7 cm³/mol. The van der Waals surface area contributed by atoms with Crippen molar-refractivity contribution in [2.45, 2.75) is 70.0 Å². The molecule has 1 aromatic rings. The standard InChI is InChI=1S/C19H30N2/c1-15(14-19(2,3)16-8-5-4-6-9-16)20-17-11-13-21-12-7-10-18(17)21/h4-6,8-9,15,17-18,20H,7,10-14H2,1-3H3. The minimum absolute atomic E-state index is 0.238. The Morgan fingerprint density at radius 3 is 2.71 bits per heavy atom. The molecule has 2 heteroatoms. The molecule has 0 bridgehead atoms. The fraction of sp³-hybridized carbons (Fsp3) is 0.684. The van der Waals surface area contributed by atoms with E-state index in [0.29, 0.717) is 12.1 Å². The molecule has 3 atom stereocenters. The summed E-state index contributed by atoms with van der Waals surface area (Å²) in [5, 5.41) is 3.93. The van der Waals surface area contributed by atoms with Crippen molar-refractivity contribution in [1.82, 2.24) is 10.2 Å². The molecule has 21 heavy (non-hydrogen) atoms. The molecule has 1 N–H and O–H groups in total. The SMILES string of the molecule is CC(CC(C)(C)c1ccccc1)NC1CCN2CCCC12. The van der Waals surface area contributed by atoms with Crippen LogP contribution in [0.5, 0.6) is 0 Å². The monoisotopic (exact) mass is 286 g/mol. The van der Waals surface area contributed by atoms with Gasteiger partial charge in [-0.25, -0.2) is 0 Å². The van der Waals surface area contributed by atoms with Crippen LogP contribution >= 0.6 is 0 Å². The second-order valence-corrected chi connectivity index (χ2v) is 7.66. The molecule has 2 aliphatic heterocycles. The lowest BCUT2D eigenvalue weighted by atomic mass is 9.79. The Labute approximate surface area is 129 Å². The lowest BCUT2D eigenvalue weighted by molar-refractivity contribution is 0.279. The van der Waals surface area contributed by atoms with Crippen LogP contribution in [0.25, 0.3) is 0 Å². The Balaban J connectivity index is 1.57. The summed E-state index contributed by atoms with van der Waals surface area (Å²) < 4.78 is 0. The van der Waals surface area contributed by atoms with Gasteiger partial charge in [-0.1, -0.05) is 44.2 Å². The maximum Gasteiger partial charge on any atom is 0.0250 e. The maximum absolute atomic E-state index is 3.93. The van der Waals surface area contributed by atoms with E-state index >= 15 is 0 Å². The molecule has 0 aromatic heterocycles. The molecule has 3 unspecified atom stereocenters. The Hall–Kier alpha value is -0.860. The zero-order valence-electron chi connectivity index (χ0n) is 13.8. The van der Waals surface area contributed by atoms with Gasteiger partial charge >= 0.3 is 0 Å². The van der Waals surface area contributed by atoms with Gasteiger partial charge in [0.25, 0.3) is 0 Å². The average molecular weight is 286 g/mol. The van der Waals surface area contributed by atoms with Gasteiger partial charge in [0, 0.05) is 24.7 Å². The van der Waals surface area contributed by atoms with Gasteiger partial charge in [-0.05, 0) is 50.1 Å². The molecule has 2 nitrogen and oxygen atoms in total. The first-order valence-electron chi connectivity index (χ1n) is 8.62. The zero-order valence-corrected chi connectivity index (χ0v) is 13.8. The molecule has 2 fully saturated rings. The van der Waals surface area contributed by atoms with Crippen LogP contribution < -0.4 is 5.32 Å². The lowest BCUT2D eigenvalue weighted by Crippen LogP contribution is -2.45. The number of hydrogen-bond acceptors (Lipinski definition) is 2. The normalized spacial score (nSPS) is 27.8. The van der Waals surface area contributed by atoms with E-state index in [2.05, 4.69) is 61.3 Å². The van der Waals surface area contributed by atoms with Crippen molar-refractivity contribution in [2.75, 3.05) is 13.1 Å². The minimum Gasteiger partial charge on any atom is -0.310 e. The van der Waals surface area contributed by atoms with Crippen molar-refractivity contribution < 1.29 is 0 Å². The van der Waals surface area contributed by atoms with Gasteiger partial charge in [-0.3, -0.25) is 4.90 Å². The molecule has 116 valence electrons. The van der Waals surface area contributed by atoms with Crippen LogP contribution in [0, 0.1) is 0 Å². The highest BCUT2D eigenvalue weighted by atomic mass is 15.2. The molecule has 0 radical (unpaired) electrons. The Morgan fingerprint density at radius 1 is 1.19 bits per heavy atom. The quantitative estimate of drug-likeness (QED) is 0.890. The van der Waals surface area contributed by atoms with E-state index in [4.69, 9.17) is 0 Å². The number of nitrogens with one attached hydrogen (secondary N) is 1. The van der Waals surface area contributed by atoms with Crippen molar-refractivity contribution >= 4 is 0 Å². The number of hydrogen-bond donors (Lipinski definition) is 1. The number of rotatable bonds is 5. The first-order valence-corrected chi connectivity index (χ1v) is 8.62. The Morgan fingerprint density at radius 2 is 1.95 bits per heavy atom. The largest absolute Gasteiger partial charge is 0.310 e. The summed E-state index contributed by atoms with van der Waals surface area (Å²) in [5.74, 6) is 0. The third-order valence-electron chi connectivity index (χ3n) is 5.48. The van der Waals surface area contributed by atoms with Crippen molar-refractivity contribution in [1.29, 1.82) is 0 Å². The van der Waals surface area contributed by atoms with Crippen molar-refractivity contribution in [2.24, 2.45) is 0 Å². The van der Waals surface area contributed by atoms with Crippen molar-refractivity contribution in [3.8, 4) is 0 Å². The molecule has 0 saturated carbocycles. The highest BCUT2D eigenvalue weighted by Gasteiger charge is 2.37. The molecule has 1 aromatic carbocycles. The first-order chi connectivity index (χ1) is 10.1. The summed E-state index contributed by atoms with van der Waals surface area (Å²) in [6, 6.07) is 13.0. The fourth-order valence-corrected chi connectivity index (χ4v) is 4.47. The summed E-state index contributed by atoms with van der Waals surface area (Å²) in [6.45, 7) is 9.74. The van der Waals surface area contributed by atoms with Crippen LogP contribution in [0.4, 0.5) is 0 Å². The molecular weight excluding hydrogens is 256 g/mol. The molecule has 0 amide bonds. The van der Waals surface area contributed by atoms with E-state index in [9.17, 15) is 0 Å². The van der Waals surface area contributed by atoms with Gasteiger partial charge in [0.05, 0.1) is 0 Å². The fourth-order valence-electron chi connectivity index (χ4n) is 4.47. The second-order valence-electron chi connectivity index (χ2n) is 7.66. The molecule has 2 saturated heterocycles. The number of nitrogens with zero attached hydrogens (tertiary/aromatic N) is 1. The van der Waals surface area contributed by atoms with Crippen LogP contribution in [0.2, 0.25) is 0 Å². The minimum atomic E-state index is 0.238. The Bertz CT molecular complexity index is 454. The maximum atomic E-state index is 3.93. The van der Waals surface area contributed by atoms with Gasteiger partial charge in [0.2, 0.25) is 0 Å². The van der Waals surface area contributed by atoms with E-state index in [1.54, 1.807) is 0 Å². The number of fused-ring (bicyclic) bond motifs is 1. The summed E-state index contributed by atoms with van der Waals surface area (Å²) >= 11 is 0. The molecule has 2 aliphatic rings. The van der Waals surface area contributed by atoms with E-state index in [0.717, 1.165) is 6.04 Å². The summed E-state index contributed by atoms with van der Waals surface area (Å²) in [7, 11) is 0. The first kappa shape index (κ1) is 15.1.